The van der Waals surface area contributed by atoms with E-state index >= 15 is 4.39 Å². The molecule has 0 bridgehead atoms. The maximum Gasteiger partial charge on any atom is 0.162 e. The van der Waals surface area contributed by atoms with Crippen molar-refractivity contribution >= 4 is 27.7 Å². The topological polar surface area (TPSA) is 74.8 Å². The predicted octanol–water partition coefficient (Wildman–Crippen LogP) is 5.65. The Morgan fingerprint density at radius 3 is 2.54 bits per heavy atom. The van der Waals surface area contributed by atoms with Crippen LogP contribution in [0.3, 0.4) is 0 Å². The Bertz CT molecular complexity index is 1610. The summed E-state index contributed by atoms with van der Waals surface area (Å²) in [6.07, 6.45) is 3.60. The van der Waals surface area contributed by atoms with Crippen LogP contribution in [0.1, 0.15) is 47.4 Å². The summed E-state index contributed by atoms with van der Waals surface area (Å²) in [5.74, 6) is -0.535. The van der Waals surface area contributed by atoms with Crippen LogP contribution in [0.5, 0.6) is 0 Å². The highest BCUT2D eigenvalue weighted by molar-refractivity contribution is 6.09. The van der Waals surface area contributed by atoms with Gasteiger partial charge in [0.05, 0.1) is 39.5 Å². The first kappa shape index (κ1) is 23.5. The van der Waals surface area contributed by atoms with E-state index < -0.39 is 5.82 Å². The van der Waals surface area contributed by atoms with E-state index in [-0.39, 0.29) is 17.4 Å². The molecule has 7 nitrogen and oxygen atoms in total. The van der Waals surface area contributed by atoms with Crippen LogP contribution >= 0.6 is 0 Å². The Kier molecular flexibility index (Phi) is 5.83. The van der Waals surface area contributed by atoms with E-state index in [0.717, 1.165) is 46.4 Å². The SMILES string of the molecule is CC(=O)c1cc2c(cc1F)c1ncc(-c3c(C)nnn3C)cc1n2[C@H](c1ccccc1)C1CCOCC1. The number of carbonyl (C=O) groups is 1. The molecule has 1 aliphatic heterocycles. The highest BCUT2D eigenvalue weighted by Gasteiger charge is 2.31. The Morgan fingerprint density at radius 1 is 1.11 bits per heavy atom. The first-order valence-corrected chi connectivity index (χ1v) is 12.6. The Hall–Kier alpha value is -3.91. The molecule has 8 heteroatoms. The smallest absolute Gasteiger partial charge is 0.162 e. The Morgan fingerprint density at radius 2 is 1.86 bits per heavy atom. The molecular weight excluding hydrogens is 469 g/mol. The molecule has 0 aliphatic carbocycles. The minimum Gasteiger partial charge on any atom is -0.381 e. The second-order valence-electron chi connectivity index (χ2n) is 9.82. The van der Waals surface area contributed by atoms with Crippen molar-refractivity contribution in [3.05, 3.63) is 77.4 Å². The molecule has 188 valence electrons. The molecule has 2 aromatic carbocycles. The van der Waals surface area contributed by atoms with Crippen molar-refractivity contribution in [2.45, 2.75) is 32.7 Å². The molecule has 0 amide bonds. The monoisotopic (exact) mass is 497 g/mol. The minimum atomic E-state index is -0.529. The van der Waals surface area contributed by atoms with Crippen molar-refractivity contribution in [3.63, 3.8) is 0 Å². The number of Topliss-reactive ketones (excluding diaryl/α,β-unsaturated/α-hetero) is 1. The molecule has 37 heavy (non-hydrogen) atoms. The number of pyridine rings is 1. The molecule has 5 aromatic rings. The number of aryl methyl sites for hydroxylation is 2. The van der Waals surface area contributed by atoms with Crippen molar-refractivity contribution in [3.8, 4) is 11.3 Å². The normalized spacial score (nSPS) is 15.5. The lowest BCUT2D eigenvalue weighted by molar-refractivity contribution is 0.0553. The van der Waals surface area contributed by atoms with Crippen molar-refractivity contribution < 1.29 is 13.9 Å². The number of aromatic nitrogens is 5. The third-order valence-corrected chi connectivity index (χ3v) is 7.51. The number of rotatable bonds is 5. The number of ketones is 1. The average molecular weight is 498 g/mol. The second kappa shape index (κ2) is 9.19. The zero-order valence-electron chi connectivity index (χ0n) is 21.1. The largest absolute Gasteiger partial charge is 0.381 e. The average Bonchev–Trinajstić information content (AvgIpc) is 3.40. The summed E-state index contributed by atoms with van der Waals surface area (Å²) in [4.78, 5) is 17.2. The lowest BCUT2D eigenvalue weighted by Crippen LogP contribution is -2.27. The molecular formula is C29H28FN5O2. The van der Waals surface area contributed by atoms with Gasteiger partial charge in [-0.25, -0.2) is 9.07 Å². The van der Waals surface area contributed by atoms with Crippen molar-refractivity contribution in [2.24, 2.45) is 13.0 Å². The van der Waals surface area contributed by atoms with Gasteiger partial charge in [-0.1, -0.05) is 35.5 Å². The third kappa shape index (κ3) is 3.92. The fraction of sp³-hybridized carbons (Fsp3) is 0.310. The zero-order chi connectivity index (χ0) is 25.7. The molecule has 6 rings (SSSR count). The second-order valence-corrected chi connectivity index (χ2v) is 9.82. The van der Waals surface area contributed by atoms with Gasteiger partial charge in [-0.2, -0.15) is 0 Å². The molecule has 1 aliphatic rings. The first-order chi connectivity index (χ1) is 17.9. The fourth-order valence-electron chi connectivity index (χ4n) is 5.79. The molecule has 1 atom stereocenters. The van der Waals surface area contributed by atoms with Gasteiger partial charge in [0, 0.05) is 37.4 Å². The Balaban J connectivity index is 1.71. The molecule has 0 spiro atoms. The summed E-state index contributed by atoms with van der Waals surface area (Å²) in [6.45, 7) is 4.72. The molecule has 0 saturated carbocycles. The standard InChI is InChI=1S/C29H28FN5O2/c1-17-28(34(3)33-32-17)21-13-26-27(31-16-21)23-14-24(30)22(18(2)36)15-25(23)35(26)29(19-7-5-4-6-8-19)20-9-11-37-12-10-20/h4-8,13-16,20,29H,9-12H2,1-3H3/t29-/m1/s1. The van der Waals surface area contributed by atoms with E-state index in [4.69, 9.17) is 9.72 Å². The van der Waals surface area contributed by atoms with Gasteiger partial charge in [-0.05, 0) is 56.4 Å². The lowest BCUT2D eigenvalue weighted by Gasteiger charge is -2.33. The summed E-state index contributed by atoms with van der Waals surface area (Å²) in [6, 6.07) is 15.6. The van der Waals surface area contributed by atoms with E-state index in [1.807, 2.05) is 32.2 Å². The van der Waals surface area contributed by atoms with Gasteiger partial charge in [-0.15, -0.1) is 5.10 Å². The van der Waals surface area contributed by atoms with Crippen LogP contribution < -0.4 is 0 Å². The molecule has 3 aromatic heterocycles. The summed E-state index contributed by atoms with van der Waals surface area (Å²) in [7, 11) is 1.86. The van der Waals surface area contributed by atoms with Gasteiger partial charge < -0.3 is 9.30 Å². The highest BCUT2D eigenvalue weighted by Crippen LogP contribution is 2.41. The van der Waals surface area contributed by atoms with Crippen LogP contribution in [-0.2, 0) is 11.8 Å². The summed E-state index contributed by atoms with van der Waals surface area (Å²) < 4.78 is 24.8. The lowest BCUT2D eigenvalue weighted by atomic mass is 9.86. The summed E-state index contributed by atoms with van der Waals surface area (Å²) in [5, 5.41) is 9.07. The van der Waals surface area contributed by atoms with Gasteiger partial charge in [0.2, 0.25) is 0 Å². The zero-order valence-corrected chi connectivity index (χ0v) is 21.1. The van der Waals surface area contributed by atoms with Crippen LogP contribution in [0.25, 0.3) is 33.2 Å². The molecule has 0 radical (unpaired) electrons. The van der Waals surface area contributed by atoms with E-state index in [1.165, 1.54) is 13.0 Å². The number of halogens is 1. The van der Waals surface area contributed by atoms with Crippen LogP contribution in [0.2, 0.25) is 0 Å². The van der Waals surface area contributed by atoms with Gasteiger partial charge >= 0.3 is 0 Å². The van der Waals surface area contributed by atoms with Crippen LogP contribution in [-0.4, -0.2) is 43.5 Å². The number of hydrogen-bond donors (Lipinski definition) is 0. The maximum atomic E-state index is 15.1. The van der Waals surface area contributed by atoms with E-state index in [0.29, 0.717) is 30.0 Å². The van der Waals surface area contributed by atoms with Crippen molar-refractivity contribution in [2.75, 3.05) is 13.2 Å². The number of fused-ring (bicyclic) bond motifs is 3. The number of nitrogens with zero attached hydrogens (tertiary/aromatic N) is 5. The summed E-state index contributed by atoms with van der Waals surface area (Å²) >= 11 is 0. The van der Waals surface area contributed by atoms with Crippen molar-refractivity contribution in [1.82, 2.24) is 24.5 Å². The van der Waals surface area contributed by atoms with Gasteiger partial charge in [0.25, 0.3) is 0 Å². The molecule has 0 unspecified atom stereocenters. The van der Waals surface area contributed by atoms with Gasteiger partial charge in [0.15, 0.2) is 5.78 Å². The predicted molar refractivity (Wildman–Crippen MR) is 140 cm³/mol. The Labute approximate surface area is 213 Å². The number of benzene rings is 2. The molecule has 0 N–H and O–H groups in total. The summed E-state index contributed by atoms with van der Waals surface area (Å²) in [5.41, 5.74) is 6.19. The van der Waals surface area contributed by atoms with Gasteiger partial charge in [-0.3, -0.25) is 9.78 Å². The molecule has 1 fully saturated rings. The van der Waals surface area contributed by atoms with Crippen LogP contribution in [0.4, 0.5) is 4.39 Å². The fourth-order valence-corrected chi connectivity index (χ4v) is 5.79. The number of carbonyl (C=O) groups excluding carboxylic acids is 1. The van der Waals surface area contributed by atoms with E-state index in [1.54, 1.807) is 16.9 Å². The third-order valence-electron chi connectivity index (χ3n) is 7.51. The maximum absolute atomic E-state index is 15.1. The highest BCUT2D eigenvalue weighted by atomic mass is 19.1. The molecule has 4 heterocycles. The van der Waals surface area contributed by atoms with E-state index in [9.17, 15) is 4.79 Å². The minimum absolute atomic E-state index is 0.0434. The number of ether oxygens (including phenoxy) is 1. The van der Waals surface area contributed by atoms with Crippen LogP contribution in [0.15, 0.2) is 54.7 Å². The molecule has 1 saturated heterocycles. The quantitative estimate of drug-likeness (QED) is 0.293. The van der Waals surface area contributed by atoms with Crippen LogP contribution in [0, 0.1) is 18.7 Å². The van der Waals surface area contributed by atoms with E-state index in [2.05, 4.69) is 33.1 Å². The first-order valence-electron chi connectivity index (χ1n) is 12.6. The number of hydrogen-bond acceptors (Lipinski definition) is 5. The van der Waals surface area contributed by atoms with Crippen molar-refractivity contribution in [1.29, 1.82) is 0 Å². The van der Waals surface area contributed by atoms with Gasteiger partial charge in [0.1, 0.15) is 5.82 Å².